The number of hydrogen-bond donors (Lipinski definition) is 1. The molecule has 6 nitrogen and oxygen atoms in total. The van der Waals surface area contributed by atoms with Gasteiger partial charge in [0.2, 0.25) is 4.77 Å². The van der Waals surface area contributed by atoms with Crippen LogP contribution in [0.5, 0.6) is 17.2 Å². The summed E-state index contributed by atoms with van der Waals surface area (Å²) in [6.07, 6.45) is 1.70. The van der Waals surface area contributed by atoms with Gasteiger partial charge in [-0.3, -0.25) is 0 Å². The van der Waals surface area contributed by atoms with E-state index in [4.69, 9.17) is 21.7 Å². The minimum atomic E-state index is 0.242. The van der Waals surface area contributed by atoms with Crippen LogP contribution >= 0.6 is 12.2 Å². The highest BCUT2D eigenvalue weighted by Crippen LogP contribution is 2.21. The van der Waals surface area contributed by atoms with E-state index in [0.717, 1.165) is 22.8 Å². The first-order valence-electron chi connectivity index (χ1n) is 8.99. The quantitative estimate of drug-likeness (QED) is 0.341. The molecule has 7 heteroatoms. The smallest absolute Gasteiger partial charge is 0.216 e. The monoisotopic (exact) mass is 402 g/mol. The highest BCUT2D eigenvalue weighted by Gasteiger charge is 2.06. The Kier molecular flexibility index (Phi) is 5.78. The second-order valence-electron chi connectivity index (χ2n) is 6.09. The molecule has 144 valence electrons. The Morgan fingerprint density at radius 1 is 0.897 bits per heavy atom. The molecule has 0 saturated heterocycles. The summed E-state index contributed by atoms with van der Waals surface area (Å²) in [6.45, 7) is 0.242. The molecular weight excluding hydrogens is 384 g/mol. The van der Waals surface area contributed by atoms with E-state index in [9.17, 15) is 0 Å². The van der Waals surface area contributed by atoms with E-state index < -0.39 is 0 Å². The van der Waals surface area contributed by atoms with Crippen molar-refractivity contribution in [3.8, 4) is 17.2 Å². The van der Waals surface area contributed by atoms with Crippen molar-refractivity contribution in [1.29, 1.82) is 0 Å². The van der Waals surface area contributed by atoms with Crippen LogP contribution in [0.3, 0.4) is 0 Å². The lowest BCUT2D eigenvalue weighted by Crippen LogP contribution is -2.04. The highest BCUT2D eigenvalue weighted by atomic mass is 32.1. The molecule has 1 N–H and O–H groups in total. The van der Waals surface area contributed by atoms with Crippen LogP contribution in [-0.2, 0) is 6.61 Å². The Morgan fingerprint density at radius 3 is 2.34 bits per heavy atom. The molecule has 0 saturated carbocycles. The molecule has 0 amide bonds. The molecule has 4 aromatic rings. The molecule has 0 fully saturated rings. The van der Waals surface area contributed by atoms with Crippen molar-refractivity contribution in [2.24, 2.45) is 5.10 Å². The largest absolute Gasteiger partial charge is 0.486 e. The van der Waals surface area contributed by atoms with Gasteiger partial charge >= 0.3 is 0 Å². The van der Waals surface area contributed by atoms with Gasteiger partial charge in [-0.2, -0.15) is 14.9 Å². The number of nitrogens with one attached hydrogen (secondary N) is 1. The van der Waals surface area contributed by atoms with Gasteiger partial charge in [0.05, 0.1) is 6.21 Å². The SMILES string of the molecule is S=c1[nH]nc(COc2ccccc2)n1/N=C\c1cccc(Oc2ccccc2)c1. The predicted octanol–water partition coefficient (Wildman–Crippen LogP) is 5.19. The number of para-hydroxylation sites is 2. The second-order valence-corrected chi connectivity index (χ2v) is 6.48. The Bertz CT molecular complexity index is 1150. The van der Waals surface area contributed by atoms with Crippen molar-refractivity contribution >= 4 is 18.4 Å². The molecule has 3 aromatic carbocycles. The third-order valence-corrected chi connectivity index (χ3v) is 4.25. The number of ether oxygens (including phenoxy) is 2. The Hall–Kier alpha value is -3.71. The van der Waals surface area contributed by atoms with Crippen LogP contribution in [0.25, 0.3) is 0 Å². The summed E-state index contributed by atoms with van der Waals surface area (Å²) >= 11 is 5.28. The van der Waals surface area contributed by atoms with Gasteiger partial charge in [0, 0.05) is 0 Å². The number of aromatic nitrogens is 3. The van der Waals surface area contributed by atoms with Gasteiger partial charge in [0.15, 0.2) is 5.82 Å². The average molecular weight is 402 g/mol. The Morgan fingerprint density at radius 2 is 1.59 bits per heavy atom. The number of hydrogen-bond acceptors (Lipinski definition) is 5. The van der Waals surface area contributed by atoms with Gasteiger partial charge in [-0.1, -0.05) is 48.5 Å². The molecule has 1 heterocycles. The van der Waals surface area contributed by atoms with Crippen LogP contribution < -0.4 is 9.47 Å². The maximum Gasteiger partial charge on any atom is 0.216 e. The highest BCUT2D eigenvalue weighted by molar-refractivity contribution is 7.71. The molecule has 0 aliphatic carbocycles. The Labute approximate surface area is 173 Å². The minimum Gasteiger partial charge on any atom is -0.486 e. The molecule has 0 bridgehead atoms. The van der Waals surface area contributed by atoms with E-state index in [1.807, 2.05) is 84.9 Å². The van der Waals surface area contributed by atoms with Crippen molar-refractivity contribution in [3.63, 3.8) is 0 Å². The normalized spacial score (nSPS) is 10.9. The van der Waals surface area contributed by atoms with Crippen LogP contribution in [0, 0.1) is 4.77 Å². The van der Waals surface area contributed by atoms with Gasteiger partial charge in [-0.25, -0.2) is 5.10 Å². The van der Waals surface area contributed by atoms with Crippen molar-refractivity contribution in [2.75, 3.05) is 0 Å². The van der Waals surface area contributed by atoms with Gasteiger partial charge in [-0.05, 0) is 54.2 Å². The summed E-state index contributed by atoms with van der Waals surface area (Å²) in [7, 11) is 0. The number of aromatic amines is 1. The first-order valence-corrected chi connectivity index (χ1v) is 9.40. The maximum atomic E-state index is 5.86. The number of rotatable bonds is 7. The molecule has 0 atom stereocenters. The molecule has 0 unspecified atom stereocenters. The minimum absolute atomic E-state index is 0.242. The fourth-order valence-electron chi connectivity index (χ4n) is 2.61. The van der Waals surface area contributed by atoms with Crippen molar-refractivity contribution in [1.82, 2.24) is 14.9 Å². The molecule has 0 radical (unpaired) electrons. The molecule has 4 rings (SSSR count). The summed E-state index contributed by atoms with van der Waals surface area (Å²) in [4.78, 5) is 0. The standard InChI is InChI=1S/C22H18N4O2S/c29-22-25-24-21(16-27-18-9-3-1-4-10-18)26(22)23-15-17-8-7-13-20(14-17)28-19-11-5-2-6-12-19/h1-15H,16H2,(H,25,29)/b23-15-. The molecule has 0 aliphatic rings. The molecule has 1 aromatic heterocycles. The lowest BCUT2D eigenvalue weighted by atomic mass is 10.2. The number of benzene rings is 3. The van der Waals surface area contributed by atoms with E-state index in [1.54, 1.807) is 10.9 Å². The summed E-state index contributed by atoms with van der Waals surface area (Å²) in [5.41, 5.74) is 0.872. The Balaban J connectivity index is 1.48. The van der Waals surface area contributed by atoms with Crippen molar-refractivity contribution in [3.05, 3.63) is 101 Å². The molecule has 0 spiro atoms. The summed E-state index contributed by atoms with van der Waals surface area (Å²) < 4.78 is 13.5. The summed E-state index contributed by atoms with van der Waals surface area (Å²) in [6, 6.07) is 26.8. The van der Waals surface area contributed by atoms with Crippen molar-refractivity contribution < 1.29 is 9.47 Å². The van der Waals surface area contributed by atoms with Gasteiger partial charge < -0.3 is 9.47 Å². The zero-order chi connectivity index (χ0) is 19.9. The molecule has 0 aliphatic heterocycles. The maximum absolute atomic E-state index is 5.86. The van der Waals surface area contributed by atoms with E-state index in [2.05, 4.69) is 15.3 Å². The van der Waals surface area contributed by atoms with E-state index in [0.29, 0.717) is 10.6 Å². The van der Waals surface area contributed by atoms with Crippen LogP contribution in [0.2, 0.25) is 0 Å². The van der Waals surface area contributed by atoms with Crippen LogP contribution in [0.4, 0.5) is 0 Å². The average Bonchev–Trinajstić information content (AvgIpc) is 3.12. The van der Waals surface area contributed by atoms with E-state index in [-0.39, 0.29) is 6.61 Å². The molecule has 29 heavy (non-hydrogen) atoms. The van der Waals surface area contributed by atoms with E-state index >= 15 is 0 Å². The number of H-pyrrole nitrogens is 1. The first kappa shape index (κ1) is 18.6. The lowest BCUT2D eigenvalue weighted by molar-refractivity contribution is 0.290. The fourth-order valence-corrected chi connectivity index (χ4v) is 2.81. The van der Waals surface area contributed by atoms with Gasteiger partial charge in [0.1, 0.15) is 23.9 Å². The second kappa shape index (κ2) is 8.99. The fraction of sp³-hybridized carbons (Fsp3) is 0.0455. The predicted molar refractivity (Wildman–Crippen MR) is 114 cm³/mol. The topological polar surface area (TPSA) is 64.4 Å². The zero-order valence-corrected chi connectivity index (χ0v) is 16.3. The van der Waals surface area contributed by atoms with E-state index in [1.165, 1.54) is 0 Å². The van der Waals surface area contributed by atoms with Crippen LogP contribution in [-0.4, -0.2) is 21.1 Å². The van der Waals surface area contributed by atoms with Crippen LogP contribution in [0.1, 0.15) is 11.4 Å². The summed E-state index contributed by atoms with van der Waals surface area (Å²) in [5, 5.41) is 11.4. The van der Waals surface area contributed by atoms with Gasteiger partial charge in [0.25, 0.3) is 0 Å². The molecular formula is C22H18N4O2S. The third kappa shape index (κ3) is 4.97. The van der Waals surface area contributed by atoms with Crippen molar-refractivity contribution in [2.45, 2.75) is 6.61 Å². The third-order valence-electron chi connectivity index (χ3n) is 3.99. The van der Waals surface area contributed by atoms with Crippen LogP contribution in [0.15, 0.2) is 90.0 Å². The lowest BCUT2D eigenvalue weighted by Gasteiger charge is -2.06. The first-order chi connectivity index (χ1) is 14.3. The zero-order valence-electron chi connectivity index (χ0n) is 15.4. The van der Waals surface area contributed by atoms with Gasteiger partial charge in [-0.15, -0.1) is 0 Å². The number of nitrogens with zero attached hydrogens (tertiary/aromatic N) is 3. The summed E-state index contributed by atoms with van der Waals surface area (Å²) in [5.74, 6) is 2.83.